The molecule has 2 rings (SSSR count). The van der Waals surface area contributed by atoms with Gasteiger partial charge in [0.15, 0.2) is 0 Å². The zero-order chi connectivity index (χ0) is 18.9. The summed E-state index contributed by atoms with van der Waals surface area (Å²) >= 11 is 0. The molecule has 0 fully saturated rings. The Balaban J connectivity index is 2.34. The van der Waals surface area contributed by atoms with Crippen LogP contribution in [-0.4, -0.2) is 12.1 Å². The molecule has 0 radical (unpaired) electrons. The topological polar surface area (TPSA) is 35.5 Å². The molecule has 0 aliphatic rings. The minimum atomic E-state index is -2.33. The Morgan fingerprint density at radius 3 is 1.92 bits per heavy atom. The van der Waals surface area contributed by atoms with Crippen LogP contribution in [0.25, 0.3) is 0 Å². The van der Waals surface area contributed by atoms with Crippen molar-refractivity contribution >= 4 is 5.97 Å². The Morgan fingerprint density at radius 1 is 0.920 bits per heavy atom. The fourth-order valence-electron chi connectivity index (χ4n) is 1.99. The van der Waals surface area contributed by atoms with E-state index in [4.69, 9.17) is 4.74 Å². The van der Waals surface area contributed by atoms with Crippen LogP contribution in [0.3, 0.4) is 0 Å². The molecule has 0 aliphatic heterocycles. The molecule has 8 heteroatoms. The molecule has 2 aromatic rings. The summed E-state index contributed by atoms with van der Waals surface area (Å²) in [7, 11) is 0. The number of ether oxygens (including phenoxy) is 2. The monoisotopic (exact) mass is 360 g/mol. The summed E-state index contributed by atoms with van der Waals surface area (Å²) in [5, 5.41) is 0. The number of halogens is 5. The fourth-order valence-corrected chi connectivity index (χ4v) is 1.99. The second kappa shape index (κ2) is 7.08. The molecule has 0 bridgehead atoms. The van der Waals surface area contributed by atoms with Crippen LogP contribution in [0.5, 0.6) is 11.5 Å². The number of benzene rings is 2. The lowest BCUT2D eigenvalue weighted by atomic mass is 10.1. The number of hydrogen-bond acceptors (Lipinski definition) is 3. The van der Waals surface area contributed by atoms with Crippen LogP contribution in [-0.2, 0) is 0 Å². The Bertz CT molecular complexity index is 805. The lowest BCUT2D eigenvalue weighted by molar-refractivity contribution is 0.0716. The second-order valence-corrected chi connectivity index (χ2v) is 5.44. The van der Waals surface area contributed by atoms with Crippen molar-refractivity contribution in [2.24, 2.45) is 0 Å². The highest BCUT2D eigenvalue weighted by Crippen LogP contribution is 2.30. The summed E-state index contributed by atoms with van der Waals surface area (Å²) in [5.74, 6) is -13.6. The second-order valence-electron chi connectivity index (χ2n) is 5.44. The average Bonchev–Trinajstić information content (AvgIpc) is 2.56. The van der Waals surface area contributed by atoms with Gasteiger partial charge in [0.25, 0.3) is 0 Å². The first-order chi connectivity index (χ1) is 11.6. The van der Waals surface area contributed by atoms with Gasteiger partial charge in [-0.15, -0.1) is 0 Å². The Hall–Kier alpha value is -2.64. The number of rotatable bonds is 4. The molecule has 0 amide bonds. The third-order valence-corrected chi connectivity index (χ3v) is 3.14. The van der Waals surface area contributed by atoms with Gasteiger partial charge in [-0.2, -0.15) is 8.78 Å². The van der Waals surface area contributed by atoms with Gasteiger partial charge in [0.2, 0.25) is 34.8 Å². The fraction of sp³-hybridized carbons (Fsp3) is 0.235. The maximum Gasteiger partial charge on any atom is 0.343 e. The lowest BCUT2D eigenvalue weighted by Gasteiger charge is -2.13. The molecule has 0 saturated heterocycles. The van der Waals surface area contributed by atoms with E-state index in [1.165, 1.54) is 18.2 Å². The number of hydrogen-bond donors (Lipinski definition) is 0. The molecule has 0 aromatic heterocycles. The largest absolute Gasteiger partial charge is 0.491 e. The predicted octanol–water partition coefficient (Wildman–Crippen LogP) is 4.70. The summed E-state index contributed by atoms with van der Waals surface area (Å²) in [5.41, 5.74) is 0.387. The molecular weight excluding hydrogens is 347 g/mol. The van der Waals surface area contributed by atoms with Crippen molar-refractivity contribution in [3.8, 4) is 11.5 Å². The minimum absolute atomic E-state index is 0.121. The van der Waals surface area contributed by atoms with Gasteiger partial charge in [0.1, 0.15) is 5.75 Å². The van der Waals surface area contributed by atoms with Gasteiger partial charge in [0.05, 0.1) is 11.7 Å². The molecule has 0 saturated carbocycles. The SMILES string of the molecule is Cc1cc(C(=O)Oc2c(F)c(F)c(F)c(F)c2F)ccc1OC(C)C. The van der Waals surface area contributed by atoms with Gasteiger partial charge >= 0.3 is 5.97 Å². The Kier molecular flexibility index (Phi) is 5.30. The van der Waals surface area contributed by atoms with Crippen LogP contribution < -0.4 is 9.47 Å². The molecular formula is C17H13F5O3. The van der Waals surface area contributed by atoms with Gasteiger partial charge in [-0.1, -0.05) is 0 Å². The zero-order valence-electron chi connectivity index (χ0n) is 13.4. The van der Waals surface area contributed by atoms with Crippen molar-refractivity contribution in [2.75, 3.05) is 0 Å². The van der Waals surface area contributed by atoms with E-state index in [1.807, 2.05) is 0 Å². The number of aryl methyl sites for hydroxylation is 1. The van der Waals surface area contributed by atoms with Crippen LogP contribution in [0, 0.1) is 36.0 Å². The Morgan fingerprint density at radius 2 is 1.44 bits per heavy atom. The van der Waals surface area contributed by atoms with Crippen molar-refractivity contribution < 1.29 is 36.2 Å². The van der Waals surface area contributed by atoms with Crippen LogP contribution in [0.2, 0.25) is 0 Å². The lowest BCUT2D eigenvalue weighted by Crippen LogP contribution is -2.14. The van der Waals surface area contributed by atoms with Gasteiger partial charge < -0.3 is 9.47 Å². The van der Waals surface area contributed by atoms with Crippen LogP contribution >= 0.6 is 0 Å². The molecule has 3 nitrogen and oxygen atoms in total. The zero-order valence-corrected chi connectivity index (χ0v) is 13.4. The first-order valence-corrected chi connectivity index (χ1v) is 7.14. The van der Waals surface area contributed by atoms with Crippen LogP contribution in [0.15, 0.2) is 18.2 Å². The number of carbonyl (C=O) groups is 1. The van der Waals surface area contributed by atoms with E-state index in [0.29, 0.717) is 11.3 Å². The molecule has 0 spiro atoms. The normalized spacial score (nSPS) is 10.9. The molecule has 134 valence electrons. The average molecular weight is 360 g/mol. The summed E-state index contributed by atoms with van der Waals surface area (Å²) < 4.78 is 76.2. The molecule has 0 unspecified atom stereocenters. The van der Waals surface area contributed by atoms with Gasteiger partial charge in [-0.3, -0.25) is 0 Å². The summed E-state index contributed by atoms with van der Waals surface area (Å²) in [4.78, 5) is 12.0. The molecule has 0 N–H and O–H groups in total. The van der Waals surface area contributed by atoms with E-state index in [-0.39, 0.29) is 11.7 Å². The maximum absolute atomic E-state index is 13.5. The van der Waals surface area contributed by atoms with Crippen LogP contribution in [0.4, 0.5) is 22.0 Å². The van der Waals surface area contributed by atoms with E-state index in [2.05, 4.69) is 4.74 Å². The van der Waals surface area contributed by atoms with E-state index in [0.717, 1.165) is 0 Å². The van der Waals surface area contributed by atoms with E-state index >= 15 is 0 Å². The summed E-state index contributed by atoms with van der Waals surface area (Å²) in [6.45, 7) is 5.21. The molecule has 0 atom stereocenters. The minimum Gasteiger partial charge on any atom is -0.491 e. The highest BCUT2D eigenvalue weighted by Gasteiger charge is 2.29. The number of carbonyl (C=O) groups excluding carboxylic acids is 1. The van der Waals surface area contributed by atoms with Crippen molar-refractivity contribution in [1.82, 2.24) is 0 Å². The molecule has 25 heavy (non-hydrogen) atoms. The van der Waals surface area contributed by atoms with Crippen LogP contribution in [0.1, 0.15) is 29.8 Å². The Labute approximate surface area is 140 Å². The predicted molar refractivity (Wildman–Crippen MR) is 78.1 cm³/mol. The van der Waals surface area contributed by atoms with Gasteiger partial charge in [0, 0.05) is 0 Å². The third kappa shape index (κ3) is 3.72. The molecule has 0 heterocycles. The first-order valence-electron chi connectivity index (χ1n) is 7.14. The molecule has 2 aromatic carbocycles. The highest BCUT2D eigenvalue weighted by molar-refractivity contribution is 5.91. The third-order valence-electron chi connectivity index (χ3n) is 3.14. The van der Waals surface area contributed by atoms with Gasteiger partial charge in [-0.05, 0) is 44.5 Å². The summed E-state index contributed by atoms with van der Waals surface area (Å²) in [6, 6.07) is 4.00. The van der Waals surface area contributed by atoms with Crippen molar-refractivity contribution in [1.29, 1.82) is 0 Å². The van der Waals surface area contributed by atoms with Crippen molar-refractivity contribution in [3.63, 3.8) is 0 Å². The van der Waals surface area contributed by atoms with E-state index in [1.54, 1.807) is 20.8 Å². The maximum atomic E-state index is 13.5. The van der Waals surface area contributed by atoms with Gasteiger partial charge in [-0.25, -0.2) is 18.0 Å². The van der Waals surface area contributed by atoms with E-state index < -0.39 is 40.8 Å². The number of esters is 1. The molecule has 0 aliphatic carbocycles. The standard InChI is InChI=1S/C17H13F5O3/c1-7(2)24-10-5-4-9(6-8(10)3)17(23)25-16-14(21)12(19)11(18)13(20)15(16)22/h4-7H,1-3H3. The smallest absolute Gasteiger partial charge is 0.343 e. The van der Waals surface area contributed by atoms with E-state index in [9.17, 15) is 26.7 Å². The highest BCUT2D eigenvalue weighted by atomic mass is 19.2. The van der Waals surface area contributed by atoms with Crippen molar-refractivity contribution in [3.05, 3.63) is 58.4 Å². The van der Waals surface area contributed by atoms with Crippen molar-refractivity contribution in [2.45, 2.75) is 26.9 Å². The summed E-state index contributed by atoms with van der Waals surface area (Å²) in [6.07, 6.45) is -0.121. The quantitative estimate of drug-likeness (QED) is 0.261. The first kappa shape index (κ1) is 18.7.